The lowest BCUT2D eigenvalue weighted by Crippen LogP contribution is -2.34. The number of ether oxygens (including phenoxy) is 1. The van der Waals surface area contributed by atoms with Gasteiger partial charge in [-0.15, -0.1) is 0 Å². The molecule has 4 heteroatoms. The molecule has 0 bridgehead atoms. The zero-order valence-electron chi connectivity index (χ0n) is 14.1. The number of hydrogen-bond donors (Lipinski definition) is 0. The normalized spacial score (nSPS) is 13.8. The maximum atomic E-state index is 12.8. The second-order valence-electron chi connectivity index (χ2n) is 6.93. The van der Waals surface area contributed by atoms with E-state index in [1.807, 2.05) is 45.0 Å². The summed E-state index contributed by atoms with van der Waals surface area (Å²) in [5.41, 5.74) is 3.71. The van der Waals surface area contributed by atoms with Crippen LogP contribution in [0.2, 0.25) is 0 Å². The molecule has 1 aliphatic heterocycles. The minimum atomic E-state index is -0.552. The van der Waals surface area contributed by atoms with Crippen molar-refractivity contribution in [3.63, 3.8) is 0 Å². The number of rotatable bonds is 0. The van der Waals surface area contributed by atoms with Gasteiger partial charge in [-0.25, -0.2) is 14.7 Å². The van der Waals surface area contributed by atoms with E-state index in [0.29, 0.717) is 5.82 Å². The predicted molar refractivity (Wildman–Crippen MR) is 91.2 cm³/mol. The number of pyridine rings is 1. The van der Waals surface area contributed by atoms with E-state index >= 15 is 0 Å². The molecule has 0 unspecified atom stereocenters. The monoisotopic (exact) mass is 310 g/mol. The lowest BCUT2D eigenvalue weighted by atomic mass is 10.0. The van der Waals surface area contributed by atoms with Gasteiger partial charge in [0.15, 0.2) is 0 Å². The SMILES string of the molecule is Cc1ccc2c(c1)CCc1cccnc1N2C(=O)OC(C)(C)C. The minimum Gasteiger partial charge on any atom is -0.443 e. The summed E-state index contributed by atoms with van der Waals surface area (Å²) in [6.45, 7) is 7.68. The summed E-state index contributed by atoms with van der Waals surface area (Å²) in [6.07, 6.45) is 3.08. The third-order valence-electron chi connectivity index (χ3n) is 3.79. The number of aryl methyl sites for hydroxylation is 3. The van der Waals surface area contributed by atoms with Crippen LogP contribution in [0.5, 0.6) is 0 Å². The van der Waals surface area contributed by atoms with Crippen molar-refractivity contribution in [2.45, 2.75) is 46.1 Å². The molecule has 0 N–H and O–H groups in total. The predicted octanol–water partition coefficient (Wildman–Crippen LogP) is 4.56. The molecule has 1 aliphatic rings. The van der Waals surface area contributed by atoms with Crippen molar-refractivity contribution in [1.29, 1.82) is 0 Å². The molecule has 0 aliphatic carbocycles. The van der Waals surface area contributed by atoms with Gasteiger partial charge in [0.25, 0.3) is 0 Å². The third kappa shape index (κ3) is 3.21. The smallest absolute Gasteiger partial charge is 0.420 e. The molecule has 0 fully saturated rings. The quantitative estimate of drug-likeness (QED) is 0.716. The largest absolute Gasteiger partial charge is 0.443 e. The van der Waals surface area contributed by atoms with Crippen LogP contribution in [0, 0.1) is 6.92 Å². The van der Waals surface area contributed by atoms with Crippen LogP contribution in [0.15, 0.2) is 36.5 Å². The summed E-state index contributed by atoms with van der Waals surface area (Å²) in [4.78, 5) is 18.9. The average molecular weight is 310 g/mol. The molecule has 1 amide bonds. The zero-order valence-corrected chi connectivity index (χ0v) is 14.1. The van der Waals surface area contributed by atoms with Crippen molar-refractivity contribution >= 4 is 17.6 Å². The lowest BCUT2D eigenvalue weighted by Gasteiger charge is -2.28. The van der Waals surface area contributed by atoms with E-state index in [4.69, 9.17) is 4.74 Å². The molecule has 0 atom stereocenters. The van der Waals surface area contributed by atoms with Crippen molar-refractivity contribution in [2.24, 2.45) is 0 Å². The van der Waals surface area contributed by atoms with Crippen LogP contribution in [-0.2, 0) is 17.6 Å². The van der Waals surface area contributed by atoms with Crippen LogP contribution < -0.4 is 4.90 Å². The van der Waals surface area contributed by atoms with Crippen LogP contribution >= 0.6 is 0 Å². The molecule has 0 radical (unpaired) electrons. The Morgan fingerprint density at radius 2 is 1.91 bits per heavy atom. The number of carbonyl (C=O) groups excluding carboxylic acids is 1. The molecule has 2 heterocycles. The van der Waals surface area contributed by atoms with Crippen molar-refractivity contribution in [3.8, 4) is 0 Å². The van der Waals surface area contributed by atoms with Gasteiger partial charge >= 0.3 is 6.09 Å². The highest BCUT2D eigenvalue weighted by molar-refractivity contribution is 5.97. The Hall–Kier alpha value is -2.36. The molecule has 0 spiro atoms. The lowest BCUT2D eigenvalue weighted by molar-refractivity contribution is 0.0598. The summed E-state index contributed by atoms with van der Waals surface area (Å²) >= 11 is 0. The molecular weight excluding hydrogens is 288 g/mol. The zero-order chi connectivity index (χ0) is 16.6. The molecule has 1 aromatic carbocycles. The van der Waals surface area contributed by atoms with Gasteiger partial charge in [-0.1, -0.05) is 23.8 Å². The first-order valence-electron chi connectivity index (χ1n) is 7.92. The summed E-state index contributed by atoms with van der Waals surface area (Å²) in [6, 6.07) is 10.1. The molecule has 120 valence electrons. The van der Waals surface area contributed by atoms with Crippen LogP contribution in [0.3, 0.4) is 0 Å². The van der Waals surface area contributed by atoms with Crippen LogP contribution in [-0.4, -0.2) is 16.7 Å². The van der Waals surface area contributed by atoms with Crippen molar-refractivity contribution in [1.82, 2.24) is 4.98 Å². The van der Waals surface area contributed by atoms with Crippen molar-refractivity contribution in [2.75, 3.05) is 4.90 Å². The Morgan fingerprint density at radius 1 is 1.17 bits per heavy atom. The number of carbonyl (C=O) groups is 1. The number of fused-ring (bicyclic) bond motifs is 2. The van der Waals surface area contributed by atoms with Crippen LogP contribution in [0.4, 0.5) is 16.3 Å². The van der Waals surface area contributed by atoms with Crippen LogP contribution in [0.25, 0.3) is 0 Å². The molecule has 0 saturated carbocycles. The third-order valence-corrected chi connectivity index (χ3v) is 3.79. The Labute approximate surface area is 137 Å². The van der Waals surface area contributed by atoms with Crippen molar-refractivity contribution < 1.29 is 9.53 Å². The minimum absolute atomic E-state index is 0.385. The number of amides is 1. The molecule has 4 nitrogen and oxygen atoms in total. The second kappa shape index (κ2) is 5.69. The Morgan fingerprint density at radius 3 is 2.65 bits per heavy atom. The highest BCUT2D eigenvalue weighted by atomic mass is 16.6. The van der Waals surface area contributed by atoms with Gasteiger partial charge in [0.05, 0.1) is 5.69 Å². The molecule has 3 rings (SSSR count). The number of benzene rings is 1. The first-order valence-corrected chi connectivity index (χ1v) is 7.92. The maximum Gasteiger partial charge on any atom is 0.420 e. The maximum absolute atomic E-state index is 12.8. The average Bonchev–Trinajstić information content (AvgIpc) is 2.62. The fraction of sp³-hybridized carbons (Fsp3) is 0.368. The van der Waals surface area contributed by atoms with Crippen LogP contribution in [0.1, 0.15) is 37.5 Å². The van der Waals surface area contributed by atoms with Gasteiger partial charge in [-0.3, -0.25) is 0 Å². The van der Waals surface area contributed by atoms with Crippen molar-refractivity contribution in [3.05, 3.63) is 53.2 Å². The number of hydrogen-bond acceptors (Lipinski definition) is 3. The summed E-state index contributed by atoms with van der Waals surface area (Å²) < 4.78 is 5.62. The number of anilines is 2. The molecule has 2 aromatic rings. The van der Waals surface area contributed by atoms with Gasteiger partial charge < -0.3 is 4.74 Å². The molecule has 23 heavy (non-hydrogen) atoms. The number of nitrogens with zero attached hydrogens (tertiary/aromatic N) is 2. The topological polar surface area (TPSA) is 42.4 Å². The Balaban J connectivity index is 2.14. The first-order chi connectivity index (χ1) is 10.8. The fourth-order valence-corrected chi connectivity index (χ4v) is 2.84. The van der Waals surface area contributed by atoms with Gasteiger partial charge in [0.1, 0.15) is 11.4 Å². The van der Waals surface area contributed by atoms with E-state index in [2.05, 4.69) is 18.0 Å². The molecular formula is C19H22N2O2. The fourth-order valence-electron chi connectivity index (χ4n) is 2.84. The highest BCUT2D eigenvalue weighted by Crippen LogP contribution is 2.36. The van der Waals surface area contributed by atoms with E-state index < -0.39 is 5.60 Å². The van der Waals surface area contributed by atoms with Gasteiger partial charge in [-0.2, -0.15) is 0 Å². The van der Waals surface area contributed by atoms with Gasteiger partial charge in [0, 0.05) is 6.20 Å². The highest BCUT2D eigenvalue weighted by Gasteiger charge is 2.30. The van der Waals surface area contributed by atoms with Gasteiger partial charge in [-0.05, 0) is 63.8 Å². The molecule has 1 aromatic heterocycles. The van der Waals surface area contributed by atoms with E-state index in [9.17, 15) is 4.79 Å². The Kier molecular flexibility index (Phi) is 3.84. The first kappa shape index (κ1) is 15.5. The second-order valence-corrected chi connectivity index (χ2v) is 6.93. The Bertz CT molecular complexity index is 747. The van der Waals surface area contributed by atoms with E-state index in [0.717, 1.165) is 29.7 Å². The van der Waals surface area contributed by atoms with E-state index in [1.54, 1.807) is 11.1 Å². The number of aromatic nitrogens is 1. The summed E-state index contributed by atoms with van der Waals surface area (Å²) in [5, 5.41) is 0. The summed E-state index contributed by atoms with van der Waals surface area (Å²) in [7, 11) is 0. The van der Waals surface area contributed by atoms with E-state index in [1.165, 1.54) is 5.56 Å². The van der Waals surface area contributed by atoms with Gasteiger partial charge in [0.2, 0.25) is 0 Å². The standard InChI is InChI=1S/C19H22N2O2/c1-13-7-10-16-15(12-13)9-8-14-6-5-11-20-17(14)21(16)18(22)23-19(2,3)4/h5-7,10-12H,8-9H2,1-4H3. The summed E-state index contributed by atoms with van der Waals surface area (Å²) in [5.74, 6) is 0.671. The molecule has 0 saturated heterocycles. The van der Waals surface area contributed by atoms with E-state index in [-0.39, 0.29) is 6.09 Å².